The Bertz CT molecular complexity index is 859. The SMILES string of the molecule is CC(C)Oc1ncccc1CNC(=O)CCCCc1nc2ccccc2s1. The van der Waals surface area contributed by atoms with E-state index >= 15 is 0 Å². The standard InChI is InChI=1S/C21H25N3O2S/c1-15(2)26-21-16(8-7-13-22-21)14-23-19(25)11-5-6-12-20-24-17-9-3-4-10-18(17)27-20/h3-4,7-10,13,15H,5-6,11-12,14H2,1-2H3,(H,23,25). The van der Waals surface area contributed by atoms with E-state index in [2.05, 4.69) is 21.4 Å². The van der Waals surface area contributed by atoms with Crippen molar-refractivity contribution in [3.05, 3.63) is 53.2 Å². The molecule has 0 saturated heterocycles. The first-order valence-corrected chi connectivity index (χ1v) is 10.1. The van der Waals surface area contributed by atoms with Crippen molar-refractivity contribution in [3.8, 4) is 5.88 Å². The minimum atomic E-state index is 0.0526. The summed E-state index contributed by atoms with van der Waals surface area (Å²) in [4.78, 5) is 21.0. The summed E-state index contributed by atoms with van der Waals surface area (Å²) in [5.74, 6) is 0.641. The maximum Gasteiger partial charge on any atom is 0.220 e. The molecule has 0 bridgehead atoms. The molecule has 2 aromatic heterocycles. The first kappa shape index (κ1) is 19.3. The summed E-state index contributed by atoms with van der Waals surface area (Å²) in [6.07, 6.45) is 5.00. The Hall–Kier alpha value is -2.47. The van der Waals surface area contributed by atoms with Crippen molar-refractivity contribution in [1.29, 1.82) is 0 Å². The van der Waals surface area contributed by atoms with Crippen molar-refractivity contribution in [2.75, 3.05) is 0 Å². The molecule has 0 aliphatic rings. The van der Waals surface area contributed by atoms with Crippen molar-refractivity contribution in [2.24, 2.45) is 0 Å². The van der Waals surface area contributed by atoms with Gasteiger partial charge in [0, 0.05) is 24.7 Å². The van der Waals surface area contributed by atoms with Crippen molar-refractivity contribution < 1.29 is 9.53 Å². The Morgan fingerprint density at radius 3 is 2.85 bits per heavy atom. The van der Waals surface area contributed by atoms with E-state index in [1.807, 2.05) is 44.2 Å². The molecule has 142 valence electrons. The maximum absolute atomic E-state index is 12.1. The second-order valence-electron chi connectivity index (χ2n) is 6.69. The van der Waals surface area contributed by atoms with Crippen molar-refractivity contribution in [3.63, 3.8) is 0 Å². The molecule has 1 N–H and O–H groups in total. The lowest BCUT2D eigenvalue weighted by Crippen LogP contribution is -2.23. The number of nitrogens with zero attached hydrogens (tertiary/aromatic N) is 2. The Labute approximate surface area is 163 Å². The van der Waals surface area contributed by atoms with Gasteiger partial charge < -0.3 is 10.1 Å². The van der Waals surface area contributed by atoms with Gasteiger partial charge >= 0.3 is 0 Å². The number of rotatable bonds is 9. The topological polar surface area (TPSA) is 64.1 Å². The monoisotopic (exact) mass is 383 g/mol. The van der Waals surface area contributed by atoms with Crippen molar-refractivity contribution >= 4 is 27.5 Å². The molecule has 0 aliphatic heterocycles. The molecule has 2 heterocycles. The average molecular weight is 384 g/mol. The zero-order valence-electron chi connectivity index (χ0n) is 15.8. The normalized spacial score (nSPS) is 11.1. The van der Waals surface area contributed by atoms with Crippen LogP contribution < -0.4 is 10.1 Å². The highest BCUT2D eigenvalue weighted by Gasteiger charge is 2.09. The molecule has 27 heavy (non-hydrogen) atoms. The first-order valence-electron chi connectivity index (χ1n) is 9.33. The van der Waals surface area contributed by atoms with E-state index < -0.39 is 0 Å². The predicted octanol–water partition coefficient (Wildman–Crippen LogP) is 4.51. The molecular formula is C21H25N3O2S. The highest BCUT2D eigenvalue weighted by atomic mass is 32.1. The van der Waals surface area contributed by atoms with Gasteiger partial charge in [-0.25, -0.2) is 9.97 Å². The number of nitrogens with one attached hydrogen (secondary N) is 1. The van der Waals surface area contributed by atoms with Gasteiger partial charge in [0.15, 0.2) is 0 Å². The number of pyridine rings is 1. The van der Waals surface area contributed by atoms with Gasteiger partial charge in [-0.05, 0) is 51.3 Å². The molecule has 6 heteroatoms. The predicted molar refractivity (Wildman–Crippen MR) is 109 cm³/mol. The molecule has 0 saturated carbocycles. The Morgan fingerprint density at radius 2 is 2.04 bits per heavy atom. The third kappa shape index (κ3) is 5.76. The zero-order valence-corrected chi connectivity index (χ0v) is 16.6. The van der Waals surface area contributed by atoms with Gasteiger partial charge in [0.25, 0.3) is 0 Å². The highest BCUT2D eigenvalue weighted by molar-refractivity contribution is 7.18. The van der Waals surface area contributed by atoms with Gasteiger partial charge in [-0.3, -0.25) is 4.79 Å². The van der Waals surface area contributed by atoms with Crippen LogP contribution in [0.2, 0.25) is 0 Å². The third-order valence-corrected chi connectivity index (χ3v) is 5.15. The smallest absolute Gasteiger partial charge is 0.220 e. The van der Waals surface area contributed by atoms with Crippen molar-refractivity contribution in [2.45, 2.75) is 52.2 Å². The van der Waals surface area contributed by atoms with E-state index in [1.165, 1.54) is 4.70 Å². The second-order valence-corrected chi connectivity index (χ2v) is 7.81. The molecule has 0 atom stereocenters. The highest BCUT2D eigenvalue weighted by Crippen LogP contribution is 2.23. The van der Waals surface area contributed by atoms with Gasteiger partial charge in [-0.1, -0.05) is 18.2 Å². The van der Waals surface area contributed by atoms with Crippen LogP contribution in [0, 0.1) is 0 Å². The fourth-order valence-corrected chi connectivity index (χ4v) is 3.77. The van der Waals surface area contributed by atoms with Crippen LogP contribution >= 0.6 is 11.3 Å². The molecule has 5 nitrogen and oxygen atoms in total. The second kappa shape index (κ2) is 9.46. The molecule has 0 unspecified atom stereocenters. The van der Waals surface area contributed by atoms with E-state index in [-0.39, 0.29) is 12.0 Å². The fraction of sp³-hybridized carbons (Fsp3) is 0.381. The van der Waals surface area contributed by atoms with E-state index in [0.717, 1.165) is 35.4 Å². The number of unbranched alkanes of at least 4 members (excludes halogenated alkanes) is 1. The number of carbonyl (C=O) groups is 1. The Balaban J connectivity index is 1.40. The lowest BCUT2D eigenvalue weighted by atomic mass is 10.2. The summed E-state index contributed by atoms with van der Waals surface area (Å²) in [6, 6.07) is 12.0. The van der Waals surface area contributed by atoms with Crippen molar-refractivity contribution in [1.82, 2.24) is 15.3 Å². The lowest BCUT2D eigenvalue weighted by Gasteiger charge is -2.13. The molecule has 0 spiro atoms. The van der Waals surface area contributed by atoms with E-state index in [4.69, 9.17) is 4.74 Å². The summed E-state index contributed by atoms with van der Waals surface area (Å²) in [5, 5.41) is 4.10. The number of thiazole rings is 1. The van der Waals surface area contributed by atoms with Crippen LogP contribution in [-0.2, 0) is 17.8 Å². The van der Waals surface area contributed by atoms with Crippen LogP contribution in [-0.4, -0.2) is 22.0 Å². The molecule has 0 radical (unpaired) electrons. The number of hydrogen-bond acceptors (Lipinski definition) is 5. The molecule has 3 aromatic rings. The minimum Gasteiger partial charge on any atom is -0.475 e. The number of aryl methyl sites for hydroxylation is 1. The number of fused-ring (bicyclic) bond motifs is 1. The summed E-state index contributed by atoms with van der Waals surface area (Å²) < 4.78 is 6.91. The van der Waals surface area contributed by atoms with Crippen LogP contribution in [0.1, 0.15) is 43.7 Å². The van der Waals surface area contributed by atoms with Gasteiger partial charge in [0.1, 0.15) is 0 Å². The minimum absolute atomic E-state index is 0.0526. The molecular weight excluding hydrogens is 358 g/mol. The number of benzene rings is 1. The summed E-state index contributed by atoms with van der Waals surface area (Å²) >= 11 is 1.74. The molecule has 1 aromatic carbocycles. The number of para-hydroxylation sites is 1. The van der Waals surface area contributed by atoms with Gasteiger partial charge in [-0.15, -0.1) is 11.3 Å². The van der Waals surface area contributed by atoms with Crippen LogP contribution in [0.3, 0.4) is 0 Å². The maximum atomic E-state index is 12.1. The summed E-state index contributed by atoms with van der Waals surface area (Å²) in [6.45, 7) is 4.36. The largest absolute Gasteiger partial charge is 0.475 e. The van der Waals surface area contributed by atoms with E-state index in [9.17, 15) is 4.79 Å². The van der Waals surface area contributed by atoms with Crippen LogP contribution in [0.5, 0.6) is 5.88 Å². The first-order chi connectivity index (χ1) is 13.1. The number of ether oxygens (including phenoxy) is 1. The number of carbonyl (C=O) groups excluding carboxylic acids is 1. The molecule has 3 rings (SSSR count). The number of amides is 1. The number of hydrogen-bond donors (Lipinski definition) is 1. The zero-order chi connectivity index (χ0) is 19.1. The Morgan fingerprint density at radius 1 is 1.19 bits per heavy atom. The molecule has 0 aliphatic carbocycles. The summed E-state index contributed by atoms with van der Waals surface area (Å²) in [7, 11) is 0. The van der Waals surface area contributed by atoms with E-state index in [1.54, 1.807) is 17.5 Å². The van der Waals surface area contributed by atoms with Crippen LogP contribution in [0.15, 0.2) is 42.6 Å². The van der Waals surface area contributed by atoms with Gasteiger partial charge in [0.05, 0.1) is 21.3 Å². The molecule has 1 amide bonds. The van der Waals surface area contributed by atoms with Crippen LogP contribution in [0.4, 0.5) is 0 Å². The Kier molecular flexibility index (Phi) is 6.76. The number of aromatic nitrogens is 2. The fourth-order valence-electron chi connectivity index (χ4n) is 2.76. The quantitative estimate of drug-likeness (QED) is 0.552. The van der Waals surface area contributed by atoms with E-state index in [0.29, 0.717) is 18.8 Å². The summed E-state index contributed by atoms with van der Waals surface area (Å²) in [5.41, 5.74) is 1.96. The average Bonchev–Trinajstić information content (AvgIpc) is 3.07. The van der Waals surface area contributed by atoms with Gasteiger partial charge in [0.2, 0.25) is 11.8 Å². The van der Waals surface area contributed by atoms with Crippen LogP contribution in [0.25, 0.3) is 10.2 Å². The lowest BCUT2D eigenvalue weighted by molar-refractivity contribution is -0.121. The third-order valence-electron chi connectivity index (χ3n) is 4.06. The van der Waals surface area contributed by atoms with Gasteiger partial charge in [-0.2, -0.15) is 0 Å². The molecule has 0 fully saturated rings.